The Labute approximate surface area is 91.4 Å². The quantitative estimate of drug-likeness (QED) is 0.564. The number of unbranched alkanes of at least 4 members (excludes halogenated alkanes) is 1. The first kappa shape index (κ1) is 12.3. The highest BCUT2D eigenvalue weighted by Crippen LogP contribution is 2.02. The van der Waals surface area contributed by atoms with Crippen LogP contribution in [0, 0.1) is 0 Å². The highest BCUT2D eigenvalue weighted by Gasteiger charge is 2.24. The molecule has 2 amide bonds. The zero-order valence-corrected chi connectivity index (χ0v) is 9.46. The number of nitrogens with one attached hydrogen (secondary N) is 2. The lowest BCUT2D eigenvalue weighted by atomic mass is 10.2. The van der Waals surface area contributed by atoms with Crippen LogP contribution < -0.4 is 16.4 Å². The van der Waals surface area contributed by atoms with E-state index in [2.05, 4.69) is 17.6 Å². The van der Waals surface area contributed by atoms with E-state index >= 15 is 0 Å². The van der Waals surface area contributed by atoms with Crippen LogP contribution >= 0.6 is 0 Å². The summed E-state index contributed by atoms with van der Waals surface area (Å²) in [4.78, 5) is 13.6. The van der Waals surface area contributed by atoms with Gasteiger partial charge in [0.15, 0.2) is 0 Å². The van der Waals surface area contributed by atoms with Crippen LogP contribution in [0.3, 0.4) is 0 Å². The molecule has 1 atom stereocenters. The minimum atomic E-state index is 0.0281. The fourth-order valence-corrected chi connectivity index (χ4v) is 1.71. The zero-order chi connectivity index (χ0) is 11.1. The molecule has 0 saturated carbocycles. The third-order valence-corrected chi connectivity index (χ3v) is 2.69. The molecule has 0 aromatic heterocycles. The lowest BCUT2D eigenvalue weighted by molar-refractivity contribution is 0.160. The van der Waals surface area contributed by atoms with Crippen LogP contribution in [0.4, 0.5) is 4.79 Å². The lowest BCUT2D eigenvalue weighted by Crippen LogP contribution is -2.58. The van der Waals surface area contributed by atoms with Gasteiger partial charge in [0, 0.05) is 32.7 Å². The molecule has 4 N–H and O–H groups in total. The van der Waals surface area contributed by atoms with Crippen LogP contribution in [0.15, 0.2) is 0 Å². The topological polar surface area (TPSA) is 70.4 Å². The minimum absolute atomic E-state index is 0.0281. The number of hydrogen-bond donors (Lipinski definition) is 3. The van der Waals surface area contributed by atoms with Gasteiger partial charge in [-0.05, 0) is 6.42 Å². The summed E-state index contributed by atoms with van der Waals surface area (Å²) in [6.45, 7) is 5.81. The summed E-state index contributed by atoms with van der Waals surface area (Å²) in [7, 11) is 0. The van der Waals surface area contributed by atoms with E-state index in [1.54, 1.807) is 0 Å². The van der Waals surface area contributed by atoms with Crippen molar-refractivity contribution in [2.45, 2.75) is 25.8 Å². The van der Waals surface area contributed by atoms with Gasteiger partial charge in [-0.1, -0.05) is 13.3 Å². The molecule has 0 aromatic carbocycles. The summed E-state index contributed by atoms with van der Waals surface area (Å²) in [5.41, 5.74) is 5.62. The van der Waals surface area contributed by atoms with Gasteiger partial charge in [-0.25, -0.2) is 4.79 Å². The standard InChI is InChI=1S/C10H22N4O/c1-2-3-4-13-10(15)14-6-5-12-8-9(14)7-11/h9,12H,2-8,11H2,1H3,(H,13,15). The predicted octanol–water partition coefficient (Wildman–Crippen LogP) is -0.271. The highest BCUT2D eigenvalue weighted by atomic mass is 16.2. The maximum Gasteiger partial charge on any atom is 0.317 e. The number of piperazine rings is 1. The van der Waals surface area contributed by atoms with Gasteiger partial charge in [-0.3, -0.25) is 0 Å². The molecular formula is C10H22N4O. The first-order valence-corrected chi connectivity index (χ1v) is 5.74. The Morgan fingerprint density at radius 3 is 3.13 bits per heavy atom. The van der Waals surface area contributed by atoms with Gasteiger partial charge in [0.05, 0.1) is 6.04 Å². The second kappa shape index (κ2) is 6.63. The van der Waals surface area contributed by atoms with Crippen molar-refractivity contribution in [3.63, 3.8) is 0 Å². The Morgan fingerprint density at radius 1 is 1.67 bits per heavy atom. The van der Waals surface area contributed by atoms with Gasteiger partial charge in [0.1, 0.15) is 0 Å². The van der Waals surface area contributed by atoms with Gasteiger partial charge >= 0.3 is 6.03 Å². The molecular weight excluding hydrogens is 192 g/mol. The van der Waals surface area contributed by atoms with E-state index in [-0.39, 0.29) is 12.1 Å². The third-order valence-electron chi connectivity index (χ3n) is 2.69. The van der Waals surface area contributed by atoms with Crippen molar-refractivity contribution >= 4 is 6.03 Å². The van der Waals surface area contributed by atoms with Crippen LogP contribution in [-0.4, -0.2) is 49.7 Å². The maximum absolute atomic E-state index is 11.8. The summed E-state index contributed by atoms with van der Waals surface area (Å²) in [6, 6.07) is 0.167. The van der Waals surface area contributed by atoms with Gasteiger partial charge in [-0.2, -0.15) is 0 Å². The van der Waals surface area contributed by atoms with E-state index in [0.29, 0.717) is 6.54 Å². The molecule has 1 aliphatic heterocycles. The fourth-order valence-electron chi connectivity index (χ4n) is 1.71. The van der Waals surface area contributed by atoms with Crippen LogP contribution in [-0.2, 0) is 0 Å². The van der Waals surface area contributed by atoms with Gasteiger partial charge in [-0.15, -0.1) is 0 Å². The van der Waals surface area contributed by atoms with Gasteiger partial charge in [0.25, 0.3) is 0 Å². The molecule has 1 fully saturated rings. The Bertz CT molecular complexity index is 198. The number of nitrogens with two attached hydrogens (primary N) is 1. The van der Waals surface area contributed by atoms with E-state index < -0.39 is 0 Å². The molecule has 1 saturated heterocycles. The molecule has 5 nitrogen and oxygen atoms in total. The van der Waals surface area contributed by atoms with Crippen molar-refractivity contribution in [2.24, 2.45) is 5.73 Å². The molecule has 15 heavy (non-hydrogen) atoms. The first-order chi connectivity index (χ1) is 7.29. The lowest BCUT2D eigenvalue weighted by Gasteiger charge is -2.35. The average molecular weight is 214 g/mol. The molecule has 88 valence electrons. The van der Waals surface area contributed by atoms with E-state index in [0.717, 1.165) is 39.0 Å². The SMILES string of the molecule is CCCCNC(=O)N1CCNCC1CN. The van der Waals surface area contributed by atoms with Crippen molar-refractivity contribution in [3.8, 4) is 0 Å². The summed E-state index contributed by atoms with van der Waals surface area (Å²) in [5.74, 6) is 0. The summed E-state index contributed by atoms with van der Waals surface area (Å²) in [6.07, 6.45) is 2.13. The maximum atomic E-state index is 11.8. The summed E-state index contributed by atoms with van der Waals surface area (Å²) in [5, 5.41) is 6.16. The monoisotopic (exact) mass is 214 g/mol. The fraction of sp³-hybridized carbons (Fsp3) is 0.900. The van der Waals surface area contributed by atoms with Crippen molar-refractivity contribution in [2.75, 3.05) is 32.7 Å². The number of carbonyl (C=O) groups is 1. The largest absolute Gasteiger partial charge is 0.338 e. The van der Waals surface area contributed by atoms with Crippen LogP contribution in [0.25, 0.3) is 0 Å². The van der Waals surface area contributed by atoms with Crippen molar-refractivity contribution in [1.82, 2.24) is 15.5 Å². The molecule has 1 unspecified atom stereocenters. The number of amides is 2. The number of hydrogen-bond acceptors (Lipinski definition) is 3. The molecule has 0 bridgehead atoms. The second-order valence-corrected chi connectivity index (χ2v) is 3.87. The van der Waals surface area contributed by atoms with Crippen molar-refractivity contribution < 1.29 is 4.79 Å². The van der Waals surface area contributed by atoms with Crippen LogP contribution in [0.5, 0.6) is 0 Å². The third kappa shape index (κ3) is 3.68. The number of urea groups is 1. The second-order valence-electron chi connectivity index (χ2n) is 3.87. The Kier molecular flexibility index (Phi) is 5.42. The predicted molar refractivity (Wildman–Crippen MR) is 60.7 cm³/mol. The Morgan fingerprint density at radius 2 is 2.47 bits per heavy atom. The first-order valence-electron chi connectivity index (χ1n) is 5.74. The molecule has 1 aliphatic rings. The number of nitrogens with zero attached hydrogens (tertiary/aromatic N) is 1. The Balaban J connectivity index is 2.34. The van der Waals surface area contributed by atoms with Crippen molar-refractivity contribution in [3.05, 3.63) is 0 Å². The average Bonchev–Trinajstić information content (AvgIpc) is 2.29. The molecule has 0 aromatic rings. The molecule has 0 radical (unpaired) electrons. The van der Waals surface area contributed by atoms with E-state index in [1.165, 1.54) is 0 Å². The van der Waals surface area contributed by atoms with Crippen molar-refractivity contribution in [1.29, 1.82) is 0 Å². The summed E-state index contributed by atoms with van der Waals surface area (Å²) < 4.78 is 0. The molecule has 1 rings (SSSR count). The Hall–Kier alpha value is -0.810. The smallest absolute Gasteiger partial charge is 0.317 e. The zero-order valence-electron chi connectivity index (χ0n) is 9.46. The highest BCUT2D eigenvalue weighted by molar-refractivity contribution is 5.74. The van der Waals surface area contributed by atoms with E-state index in [4.69, 9.17) is 5.73 Å². The summed E-state index contributed by atoms with van der Waals surface area (Å²) >= 11 is 0. The molecule has 0 spiro atoms. The van der Waals surface area contributed by atoms with E-state index in [9.17, 15) is 4.79 Å². The number of rotatable bonds is 4. The molecule has 1 heterocycles. The van der Waals surface area contributed by atoms with E-state index in [1.807, 2.05) is 4.90 Å². The minimum Gasteiger partial charge on any atom is -0.338 e. The van der Waals surface area contributed by atoms with Crippen LogP contribution in [0.1, 0.15) is 19.8 Å². The van der Waals surface area contributed by atoms with Crippen LogP contribution in [0.2, 0.25) is 0 Å². The normalized spacial score (nSPS) is 21.5. The number of carbonyl (C=O) groups excluding carboxylic acids is 1. The van der Waals surface area contributed by atoms with Gasteiger partial charge in [0.2, 0.25) is 0 Å². The molecule has 0 aliphatic carbocycles. The van der Waals surface area contributed by atoms with Gasteiger partial charge < -0.3 is 21.3 Å². The molecule has 5 heteroatoms.